The summed E-state index contributed by atoms with van der Waals surface area (Å²) in [5.41, 5.74) is 1.73. The third kappa shape index (κ3) is 3.83. The minimum atomic E-state index is -0.860. The average molecular weight is 365 g/mol. The van der Waals surface area contributed by atoms with Gasteiger partial charge in [-0.15, -0.1) is 0 Å². The Bertz CT molecular complexity index is 833. The first-order valence-electron chi connectivity index (χ1n) is 9.34. The number of rotatable bonds is 4. The predicted molar refractivity (Wildman–Crippen MR) is 102 cm³/mol. The number of piperidine rings is 1. The van der Waals surface area contributed by atoms with Crippen LogP contribution in [0.4, 0.5) is 0 Å². The van der Waals surface area contributed by atoms with Crippen molar-refractivity contribution in [3.05, 3.63) is 65.9 Å². The molecule has 1 fully saturated rings. The van der Waals surface area contributed by atoms with Crippen LogP contribution in [0.25, 0.3) is 6.08 Å². The van der Waals surface area contributed by atoms with E-state index in [1.54, 1.807) is 17.0 Å². The number of carbonyl (C=O) groups excluding carboxylic acids is 1. The number of aliphatic hydroxyl groups is 1. The van der Waals surface area contributed by atoms with Crippen molar-refractivity contribution >= 4 is 12.0 Å². The third-order valence-electron chi connectivity index (χ3n) is 5.05. The molecule has 0 unspecified atom stereocenters. The molecule has 0 aliphatic carbocycles. The minimum absolute atomic E-state index is 0.0455. The monoisotopic (exact) mass is 365 g/mol. The van der Waals surface area contributed by atoms with Crippen LogP contribution in [0.3, 0.4) is 0 Å². The SMILES string of the molecule is O=C1[C@H]([C@@H](O)c2ccc3c(c2)OCCO3)CCCN1/C=C/c1ccccc1. The third-order valence-corrected chi connectivity index (χ3v) is 5.05. The van der Waals surface area contributed by atoms with Crippen molar-refractivity contribution in [2.45, 2.75) is 18.9 Å². The van der Waals surface area contributed by atoms with Crippen molar-refractivity contribution in [1.29, 1.82) is 0 Å². The molecule has 0 spiro atoms. The van der Waals surface area contributed by atoms with Gasteiger partial charge in [-0.3, -0.25) is 4.79 Å². The van der Waals surface area contributed by atoms with Gasteiger partial charge in [-0.2, -0.15) is 0 Å². The molecule has 1 amide bonds. The van der Waals surface area contributed by atoms with E-state index < -0.39 is 12.0 Å². The number of benzene rings is 2. The van der Waals surface area contributed by atoms with Crippen LogP contribution in [0.15, 0.2) is 54.7 Å². The highest BCUT2D eigenvalue weighted by molar-refractivity contribution is 5.82. The Labute approximate surface area is 158 Å². The molecular weight excluding hydrogens is 342 g/mol. The van der Waals surface area contributed by atoms with Gasteiger partial charge in [0.1, 0.15) is 13.2 Å². The summed E-state index contributed by atoms with van der Waals surface area (Å²) in [6.07, 6.45) is 4.42. The van der Waals surface area contributed by atoms with Crippen molar-refractivity contribution < 1.29 is 19.4 Å². The number of amides is 1. The van der Waals surface area contributed by atoms with Crippen molar-refractivity contribution in [3.8, 4) is 11.5 Å². The highest BCUT2D eigenvalue weighted by Crippen LogP contribution is 2.37. The Morgan fingerprint density at radius 2 is 1.85 bits per heavy atom. The van der Waals surface area contributed by atoms with Crippen molar-refractivity contribution in [2.75, 3.05) is 19.8 Å². The average Bonchev–Trinajstić information content (AvgIpc) is 2.73. The van der Waals surface area contributed by atoms with Gasteiger partial charge in [0.15, 0.2) is 11.5 Å². The normalized spacial score (nSPS) is 20.7. The van der Waals surface area contributed by atoms with Gasteiger partial charge < -0.3 is 19.5 Å². The predicted octanol–water partition coefficient (Wildman–Crippen LogP) is 3.40. The molecule has 5 heteroatoms. The first-order valence-corrected chi connectivity index (χ1v) is 9.34. The van der Waals surface area contributed by atoms with Gasteiger partial charge in [0.05, 0.1) is 12.0 Å². The number of fused-ring (bicyclic) bond motifs is 1. The van der Waals surface area contributed by atoms with E-state index >= 15 is 0 Å². The highest BCUT2D eigenvalue weighted by atomic mass is 16.6. The summed E-state index contributed by atoms with van der Waals surface area (Å²) in [6.45, 7) is 1.69. The van der Waals surface area contributed by atoms with Crippen molar-refractivity contribution in [3.63, 3.8) is 0 Å². The molecule has 1 N–H and O–H groups in total. The smallest absolute Gasteiger partial charge is 0.232 e. The molecular formula is C22H23NO4. The fourth-order valence-corrected chi connectivity index (χ4v) is 3.59. The second-order valence-electron chi connectivity index (χ2n) is 6.85. The Morgan fingerprint density at radius 1 is 1.07 bits per heavy atom. The standard InChI is InChI=1S/C22H23NO4/c24-21(17-8-9-19-20(15-17)27-14-13-26-19)18-7-4-11-23(22(18)25)12-10-16-5-2-1-3-6-16/h1-3,5-6,8-10,12,15,18,21,24H,4,7,11,13-14H2/b12-10+/t18-,21-/m0/s1. The van der Waals surface area contributed by atoms with Gasteiger partial charge in [0.25, 0.3) is 0 Å². The lowest BCUT2D eigenvalue weighted by Gasteiger charge is -2.33. The van der Waals surface area contributed by atoms with Crippen molar-refractivity contribution in [1.82, 2.24) is 4.90 Å². The summed E-state index contributed by atoms with van der Waals surface area (Å²) in [4.78, 5) is 14.6. The molecule has 0 aromatic heterocycles. The van der Waals surface area contributed by atoms with Crippen LogP contribution in [0, 0.1) is 5.92 Å². The summed E-state index contributed by atoms with van der Waals surface area (Å²) >= 11 is 0. The number of likely N-dealkylation sites (tertiary alicyclic amines) is 1. The highest BCUT2D eigenvalue weighted by Gasteiger charge is 2.34. The van der Waals surface area contributed by atoms with Gasteiger partial charge in [-0.25, -0.2) is 0 Å². The quantitative estimate of drug-likeness (QED) is 0.902. The molecule has 140 valence electrons. The molecule has 2 heterocycles. The first kappa shape index (κ1) is 17.6. The van der Waals surface area contributed by atoms with E-state index in [0.717, 1.165) is 12.0 Å². The van der Waals surface area contributed by atoms with Crippen LogP contribution in [0.1, 0.15) is 30.1 Å². The molecule has 27 heavy (non-hydrogen) atoms. The molecule has 2 aliphatic heterocycles. The van der Waals surface area contributed by atoms with E-state index in [0.29, 0.717) is 43.2 Å². The van der Waals surface area contributed by atoms with Gasteiger partial charge in [-0.05, 0) is 42.2 Å². The fourth-order valence-electron chi connectivity index (χ4n) is 3.59. The molecule has 5 nitrogen and oxygen atoms in total. The van der Waals surface area contributed by atoms with E-state index in [4.69, 9.17) is 9.47 Å². The molecule has 0 saturated carbocycles. The topological polar surface area (TPSA) is 59.0 Å². The number of hydrogen-bond acceptors (Lipinski definition) is 4. The Balaban J connectivity index is 1.49. The maximum atomic E-state index is 12.9. The van der Waals surface area contributed by atoms with Crippen LogP contribution in [-0.4, -0.2) is 35.7 Å². The second kappa shape index (κ2) is 7.84. The molecule has 2 aromatic carbocycles. The molecule has 0 bridgehead atoms. The number of carbonyl (C=O) groups is 1. The number of hydrogen-bond donors (Lipinski definition) is 1. The maximum Gasteiger partial charge on any atom is 0.232 e. The first-order chi connectivity index (χ1) is 13.2. The van der Waals surface area contributed by atoms with E-state index in [2.05, 4.69) is 0 Å². The van der Waals surface area contributed by atoms with Gasteiger partial charge in [-0.1, -0.05) is 36.4 Å². The molecule has 0 radical (unpaired) electrons. The lowest BCUT2D eigenvalue weighted by molar-refractivity contribution is -0.139. The summed E-state index contributed by atoms with van der Waals surface area (Å²) in [5.74, 6) is 0.805. The van der Waals surface area contributed by atoms with Gasteiger partial charge >= 0.3 is 0 Å². The largest absolute Gasteiger partial charge is 0.486 e. The Kier molecular flexibility index (Phi) is 5.12. The van der Waals surface area contributed by atoms with Gasteiger partial charge in [0, 0.05) is 12.7 Å². The summed E-state index contributed by atoms with van der Waals surface area (Å²) < 4.78 is 11.1. The van der Waals surface area contributed by atoms with E-state index in [-0.39, 0.29) is 5.91 Å². The molecule has 4 rings (SSSR count). The van der Waals surface area contributed by atoms with Crippen molar-refractivity contribution in [2.24, 2.45) is 5.92 Å². The van der Waals surface area contributed by atoms with E-state index in [1.165, 1.54) is 0 Å². The summed E-state index contributed by atoms with van der Waals surface area (Å²) in [6, 6.07) is 15.3. The van der Waals surface area contributed by atoms with E-state index in [9.17, 15) is 9.90 Å². The zero-order valence-electron chi connectivity index (χ0n) is 15.1. The van der Waals surface area contributed by atoms with Crippen LogP contribution >= 0.6 is 0 Å². The molecule has 2 aromatic rings. The molecule has 1 saturated heterocycles. The number of nitrogens with zero attached hydrogens (tertiary/aromatic N) is 1. The van der Waals surface area contributed by atoms with Crippen LogP contribution in [0.5, 0.6) is 11.5 Å². The lowest BCUT2D eigenvalue weighted by Crippen LogP contribution is -2.40. The second-order valence-corrected chi connectivity index (χ2v) is 6.85. The zero-order chi connectivity index (χ0) is 18.6. The maximum absolute atomic E-state index is 12.9. The summed E-state index contributed by atoms with van der Waals surface area (Å²) in [7, 11) is 0. The Morgan fingerprint density at radius 3 is 2.67 bits per heavy atom. The van der Waals surface area contributed by atoms with Gasteiger partial charge in [0.2, 0.25) is 5.91 Å². The van der Waals surface area contributed by atoms with Crippen LogP contribution in [-0.2, 0) is 4.79 Å². The zero-order valence-corrected chi connectivity index (χ0v) is 15.1. The van der Waals surface area contributed by atoms with Crippen LogP contribution < -0.4 is 9.47 Å². The summed E-state index contributed by atoms with van der Waals surface area (Å²) in [5, 5.41) is 10.9. The molecule has 2 atom stereocenters. The lowest BCUT2D eigenvalue weighted by atomic mass is 9.87. The van der Waals surface area contributed by atoms with Crippen LogP contribution in [0.2, 0.25) is 0 Å². The molecule has 2 aliphatic rings. The van der Waals surface area contributed by atoms with E-state index in [1.807, 2.05) is 48.7 Å². The fraction of sp³-hybridized carbons (Fsp3) is 0.318. The number of aliphatic hydroxyl groups excluding tert-OH is 1. The number of ether oxygens (including phenoxy) is 2. The minimum Gasteiger partial charge on any atom is -0.486 e. The Hall–Kier alpha value is -2.79.